The third-order valence-electron chi connectivity index (χ3n) is 2.76. The standard InChI is InChI=1S/C11H10FN9O2/c12-7-4-2-1-3-6(7)5-21(11-9(14)17-23-19-11)20-15-10-8(13)16-22-18-10/h1-4H,5H2,(H2,13,16)(H2,14,17). The maximum Gasteiger partial charge on any atom is 0.263 e. The largest absolute Gasteiger partial charge is 0.378 e. The third kappa shape index (κ3) is 3.04. The molecule has 3 aromatic rings. The molecule has 2 heterocycles. The lowest BCUT2D eigenvalue weighted by atomic mass is 10.2. The van der Waals surface area contributed by atoms with Crippen molar-refractivity contribution in [2.75, 3.05) is 16.5 Å². The van der Waals surface area contributed by atoms with Crippen molar-refractivity contribution in [3.63, 3.8) is 0 Å². The van der Waals surface area contributed by atoms with Crippen LogP contribution in [-0.4, -0.2) is 20.6 Å². The summed E-state index contributed by atoms with van der Waals surface area (Å²) < 4.78 is 22.7. The average Bonchev–Trinajstić information content (AvgIpc) is 3.14. The molecule has 0 saturated carbocycles. The number of nitrogen functional groups attached to an aromatic ring is 2. The Kier molecular flexibility index (Phi) is 3.78. The highest BCUT2D eigenvalue weighted by atomic mass is 19.1. The summed E-state index contributed by atoms with van der Waals surface area (Å²) in [5.41, 5.74) is 11.5. The molecule has 0 aliphatic rings. The van der Waals surface area contributed by atoms with Crippen LogP contribution in [0.2, 0.25) is 0 Å². The number of nitrogens with two attached hydrogens (primary N) is 2. The van der Waals surface area contributed by atoms with Crippen molar-refractivity contribution in [2.45, 2.75) is 6.54 Å². The Labute approximate surface area is 127 Å². The third-order valence-corrected chi connectivity index (χ3v) is 2.76. The second kappa shape index (κ2) is 6.05. The predicted octanol–water partition coefficient (Wildman–Crippen LogP) is 1.46. The van der Waals surface area contributed by atoms with Crippen LogP contribution in [0.4, 0.5) is 27.7 Å². The molecule has 0 radical (unpaired) electrons. The molecule has 23 heavy (non-hydrogen) atoms. The van der Waals surface area contributed by atoms with Gasteiger partial charge in [-0.25, -0.2) is 18.7 Å². The predicted molar refractivity (Wildman–Crippen MR) is 74.5 cm³/mol. The molecule has 11 nitrogen and oxygen atoms in total. The maximum atomic E-state index is 13.8. The van der Waals surface area contributed by atoms with Crippen LogP contribution in [0.3, 0.4) is 0 Å². The lowest BCUT2D eigenvalue weighted by Crippen LogP contribution is -2.17. The summed E-state index contributed by atoms with van der Waals surface area (Å²) in [4.78, 5) is 0. The van der Waals surface area contributed by atoms with Gasteiger partial charge in [-0.1, -0.05) is 23.4 Å². The van der Waals surface area contributed by atoms with Crippen molar-refractivity contribution in [1.29, 1.82) is 0 Å². The van der Waals surface area contributed by atoms with Gasteiger partial charge in [0.1, 0.15) is 5.82 Å². The first-order chi connectivity index (χ1) is 11.1. The summed E-state index contributed by atoms with van der Waals surface area (Å²) in [7, 11) is 0. The van der Waals surface area contributed by atoms with E-state index in [1.807, 2.05) is 0 Å². The Morgan fingerprint density at radius 1 is 1.04 bits per heavy atom. The smallest absolute Gasteiger partial charge is 0.263 e. The quantitative estimate of drug-likeness (QED) is 0.524. The van der Waals surface area contributed by atoms with Gasteiger partial charge in [0, 0.05) is 5.56 Å². The summed E-state index contributed by atoms with van der Waals surface area (Å²) in [5.74, 6) is -0.492. The molecular weight excluding hydrogens is 309 g/mol. The van der Waals surface area contributed by atoms with Crippen LogP contribution in [0, 0.1) is 5.82 Å². The maximum absolute atomic E-state index is 13.8. The van der Waals surface area contributed by atoms with Gasteiger partial charge < -0.3 is 11.5 Å². The van der Waals surface area contributed by atoms with Gasteiger partial charge in [-0.15, -0.1) is 5.11 Å². The Bertz CT molecular complexity index is 830. The van der Waals surface area contributed by atoms with Gasteiger partial charge in [0.25, 0.3) is 5.82 Å². The van der Waals surface area contributed by atoms with Crippen molar-refractivity contribution >= 4 is 23.3 Å². The summed E-state index contributed by atoms with van der Waals surface area (Å²) in [6.07, 6.45) is 0. The summed E-state index contributed by atoms with van der Waals surface area (Å²) in [6.45, 7) is -0.0280. The summed E-state index contributed by atoms with van der Waals surface area (Å²) in [5, 5.41) is 22.7. The summed E-state index contributed by atoms with van der Waals surface area (Å²) in [6, 6.07) is 6.14. The summed E-state index contributed by atoms with van der Waals surface area (Å²) >= 11 is 0. The minimum atomic E-state index is -0.426. The van der Waals surface area contributed by atoms with E-state index in [9.17, 15) is 4.39 Å². The van der Waals surface area contributed by atoms with E-state index in [1.54, 1.807) is 18.2 Å². The van der Waals surface area contributed by atoms with E-state index >= 15 is 0 Å². The van der Waals surface area contributed by atoms with E-state index in [1.165, 1.54) is 11.1 Å². The Morgan fingerprint density at radius 2 is 1.78 bits per heavy atom. The lowest BCUT2D eigenvalue weighted by Gasteiger charge is -2.14. The molecular formula is C11H10FN9O2. The first-order valence-corrected chi connectivity index (χ1v) is 6.24. The van der Waals surface area contributed by atoms with E-state index in [2.05, 4.69) is 40.2 Å². The second-order valence-electron chi connectivity index (χ2n) is 4.28. The van der Waals surface area contributed by atoms with E-state index < -0.39 is 5.82 Å². The van der Waals surface area contributed by atoms with Crippen LogP contribution < -0.4 is 16.5 Å². The number of benzene rings is 1. The molecule has 3 rings (SSSR count). The van der Waals surface area contributed by atoms with Crippen LogP contribution in [0.15, 0.2) is 43.9 Å². The van der Waals surface area contributed by atoms with Gasteiger partial charge in [0.2, 0.25) is 17.5 Å². The molecule has 0 fully saturated rings. The number of hydrogen-bond donors (Lipinski definition) is 2. The van der Waals surface area contributed by atoms with Crippen LogP contribution >= 0.6 is 0 Å². The van der Waals surface area contributed by atoms with Gasteiger partial charge in [0.05, 0.1) is 6.54 Å². The van der Waals surface area contributed by atoms with Crippen LogP contribution in [0.1, 0.15) is 5.56 Å². The molecule has 12 heteroatoms. The molecule has 2 aromatic heterocycles. The number of hydrogen-bond acceptors (Lipinski definition) is 10. The van der Waals surface area contributed by atoms with Gasteiger partial charge >= 0.3 is 0 Å². The molecule has 118 valence electrons. The fraction of sp³-hybridized carbons (Fsp3) is 0.0909. The number of aromatic nitrogens is 4. The molecule has 0 spiro atoms. The zero-order valence-electron chi connectivity index (χ0n) is 11.5. The van der Waals surface area contributed by atoms with Gasteiger partial charge in [-0.2, -0.15) is 0 Å². The zero-order valence-corrected chi connectivity index (χ0v) is 11.5. The minimum Gasteiger partial charge on any atom is -0.378 e. The normalized spacial score (nSPS) is 11.2. The van der Waals surface area contributed by atoms with Crippen LogP contribution in [0.25, 0.3) is 0 Å². The molecule has 0 amide bonds. The van der Waals surface area contributed by atoms with Gasteiger partial charge in [-0.05, 0) is 26.7 Å². The molecule has 0 atom stereocenters. The highest BCUT2D eigenvalue weighted by Gasteiger charge is 2.18. The average molecular weight is 319 g/mol. The van der Waals surface area contributed by atoms with Crippen molar-refractivity contribution in [3.8, 4) is 0 Å². The van der Waals surface area contributed by atoms with Crippen molar-refractivity contribution in [2.24, 2.45) is 10.3 Å². The van der Waals surface area contributed by atoms with E-state index in [4.69, 9.17) is 11.5 Å². The first kappa shape index (κ1) is 14.4. The van der Waals surface area contributed by atoms with Crippen molar-refractivity contribution in [3.05, 3.63) is 35.6 Å². The SMILES string of the molecule is Nc1nonc1N=NN(Cc1ccccc1F)c1nonc1N. The Morgan fingerprint density at radius 3 is 2.43 bits per heavy atom. The highest BCUT2D eigenvalue weighted by molar-refractivity contribution is 5.56. The molecule has 0 aliphatic heterocycles. The van der Waals surface area contributed by atoms with Crippen molar-refractivity contribution < 1.29 is 13.6 Å². The molecule has 0 unspecified atom stereocenters. The van der Waals surface area contributed by atoms with Gasteiger partial charge in [-0.3, -0.25) is 0 Å². The number of nitrogens with zero attached hydrogens (tertiary/aromatic N) is 7. The lowest BCUT2D eigenvalue weighted by molar-refractivity contribution is 0.308. The number of halogens is 1. The van der Waals surface area contributed by atoms with Crippen molar-refractivity contribution in [1.82, 2.24) is 20.6 Å². The fourth-order valence-corrected chi connectivity index (χ4v) is 1.66. The van der Waals surface area contributed by atoms with Crippen LogP contribution in [-0.2, 0) is 6.54 Å². The van der Waals surface area contributed by atoms with E-state index in [0.717, 1.165) is 0 Å². The Hall–Kier alpha value is -3.57. The molecule has 1 aromatic carbocycles. The zero-order chi connectivity index (χ0) is 16.2. The monoisotopic (exact) mass is 319 g/mol. The fourth-order valence-electron chi connectivity index (χ4n) is 1.66. The van der Waals surface area contributed by atoms with Crippen LogP contribution in [0.5, 0.6) is 0 Å². The Balaban J connectivity index is 1.91. The molecule has 0 bridgehead atoms. The van der Waals surface area contributed by atoms with Gasteiger partial charge in [0.15, 0.2) is 0 Å². The molecule has 0 aliphatic carbocycles. The van der Waals surface area contributed by atoms with E-state index in [0.29, 0.717) is 5.56 Å². The number of anilines is 3. The van der Waals surface area contributed by atoms with E-state index in [-0.39, 0.29) is 29.8 Å². The number of rotatable bonds is 5. The molecule has 0 saturated heterocycles. The topological polar surface area (TPSA) is 158 Å². The molecule has 4 N–H and O–H groups in total. The second-order valence-corrected chi connectivity index (χ2v) is 4.28. The minimum absolute atomic E-state index is 0.0280. The first-order valence-electron chi connectivity index (χ1n) is 6.24. The highest BCUT2D eigenvalue weighted by Crippen LogP contribution is 2.24.